The minimum atomic E-state index is -0.994. The summed E-state index contributed by atoms with van der Waals surface area (Å²) in [7, 11) is 0. The minimum Gasteiger partial charge on any atom is -0.488 e. The summed E-state index contributed by atoms with van der Waals surface area (Å²) in [6.07, 6.45) is 0.134. The van der Waals surface area contributed by atoms with Crippen molar-refractivity contribution in [3.63, 3.8) is 0 Å². The molecule has 0 spiro atoms. The van der Waals surface area contributed by atoms with Crippen molar-refractivity contribution in [3.05, 3.63) is 59.7 Å². The van der Waals surface area contributed by atoms with Crippen molar-refractivity contribution in [2.75, 3.05) is 5.32 Å². The summed E-state index contributed by atoms with van der Waals surface area (Å²) in [5, 5.41) is 2.53. The van der Waals surface area contributed by atoms with Crippen LogP contribution in [-0.4, -0.2) is 11.5 Å². The Labute approximate surface area is 134 Å². The molecule has 0 radical (unpaired) electrons. The largest absolute Gasteiger partial charge is 0.488 e. The fraction of sp³-hybridized carbons (Fsp3) is 0.278. The molecule has 1 N–H and O–H groups in total. The van der Waals surface area contributed by atoms with Crippen molar-refractivity contribution in [2.24, 2.45) is 0 Å². The SMILES string of the molecule is CC(C)(C)Oc1ccc(CC(=O)Nc2ccc(F)c(F)c2)cc1. The molecule has 0 saturated carbocycles. The molecule has 0 atom stereocenters. The van der Waals surface area contributed by atoms with E-state index < -0.39 is 11.6 Å². The molecule has 1 amide bonds. The van der Waals surface area contributed by atoms with Crippen LogP contribution in [-0.2, 0) is 11.2 Å². The topological polar surface area (TPSA) is 38.3 Å². The molecule has 0 fully saturated rings. The van der Waals surface area contributed by atoms with Gasteiger partial charge in [-0.15, -0.1) is 0 Å². The van der Waals surface area contributed by atoms with E-state index in [9.17, 15) is 13.6 Å². The van der Waals surface area contributed by atoms with Gasteiger partial charge in [0.05, 0.1) is 6.42 Å². The monoisotopic (exact) mass is 319 g/mol. The maximum atomic E-state index is 13.1. The lowest BCUT2D eigenvalue weighted by Gasteiger charge is -2.21. The van der Waals surface area contributed by atoms with Gasteiger partial charge in [-0.05, 0) is 50.6 Å². The smallest absolute Gasteiger partial charge is 0.228 e. The van der Waals surface area contributed by atoms with E-state index in [0.29, 0.717) is 0 Å². The summed E-state index contributed by atoms with van der Waals surface area (Å²) in [5.74, 6) is -1.52. The number of rotatable bonds is 4. The van der Waals surface area contributed by atoms with Gasteiger partial charge in [0.25, 0.3) is 0 Å². The molecular formula is C18H19F2NO2. The van der Waals surface area contributed by atoms with Gasteiger partial charge in [-0.25, -0.2) is 8.78 Å². The Morgan fingerprint density at radius 1 is 1.04 bits per heavy atom. The maximum absolute atomic E-state index is 13.1. The third-order valence-corrected chi connectivity index (χ3v) is 2.92. The average molecular weight is 319 g/mol. The van der Waals surface area contributed by atoms with Crippen molar-refractivity contribution >= 4 is 11.6 Å². The first kappa shape index (κ1) is 16.9. The summed E-state index contributed by atoms with van der Waals surface area (Å²) >= 11 is 0. The van der Waals surface area contributed by atoms with E-state index in [2.05, 4.69) is 5.32 Å². The van der Waals surface area contributed by atoms with Crippen LogP contribution in [0.2, 0.25) is 0 Å². The summed E-state index contributed by atoms with van der Waals surface area (Å²) < 4.78 is 31.6. The van der Waals surface area contributed by atoms with Gasteiger partial charge in [0.1, 0.15) is 11.4 Å². The van der Waals surface area contributed by atoms with Crippen LogP contribution in [0.3, 0.4) is 0 Å². The third kappa shape index (κ3) is 5.36. The normalized spacial score (nSPS) is 11.2. The summed E-state index contributed by atoms with van der Waals surface area (Å²) in [4.78, 5) is 11.9. The van der Waals surface area contributed by atoms with Crippen LogP contribution in [0, 0.1) is 11.6 Å². The van der Waals surface area contributed by atoms with Crippen molar-refractivity contribution in [1.29, 1.82) is 0 Å². The van der Waals surface area contributed by atoms with Gasteiger partial charge in [0.15, 0.2) is 11.6 Å². The Bertz CT molecular complexity index is 691. The van der Waals surface area contributed by atoms with Crippen molar-refractivity contribution in [2.45, 2.75) is 32.8 Å². The Kier molecular flexibility index (Phi) is 4.98. The number of carbonyl (C=O) groups is 1. The van der Waals surface area contributed by atoms with Gasteiger partial charge < -0.3 is 10.1 Å². The van der Waals surface area contributed by atoms with E-state index >= 15 is 0 Å². The number of hydrogen-bond acceptors (Lipinski definition) is 2. The minimum absolute atomic E-state index is 0.134. The van der Waals surface area contributed by atoms with E-state index in [-0.39, 0.29) is 23.6 Å². The Hall–Kier alpha value is -2.43. The zero-order valence-corrected chi connectivity index (χ0v) is 13.3. The molecule has 3 nitrogen and oxygen atoms in total. The summed E-state index contributed by atoms with van der Waals surface area (Å²) in [6.45, 7) is 5.86. The first-order valence-corrected chi connectivity index (χ1v) is 7.26. The summed E-state index contributed by atoms with van der Waals surface area (Å²) in [6, 6.07) is 10.4. The molecule has 0 aliphatic rings. The number of benzene rings is 2. The van der Waals surface area contributed by atoms with Crippen LogP contribution in [0.4, 0.5) is 14.5 Å². The number of nitrogens with one attached hydrogen (secondary N) is 1. The lowest BCUT2D eigenvalue weighted by Crippen LogP contribution is -2.22. The van der Waals surface area contributed by atoms with Crippen LogP contribution < -0.4 is 10.1 Å². The Morgan fingerprint density at radius 3 is 2.26 bits per heavy atom. The highest BCUT2D eigenvalue weighted by atomic mass is 19.2. The molecule has 0 unspecified atom stereocenters. The van der Waals surface area contributed by atoms with Gasteiger partial charge >= 0.3 is 0 Å². The van der Waals surface area contributed by atoms with Gasteiger partial charge in [0, 0.05) is 11.8 Å². The second-order valence-corrected chi connectivity index (χ2v) is 6.21. The molecule has 0 saturated heterocycles. The van der Waals surface area contributed by atoms with E-state index in [1.807, 2.05) is 20.8 Å². The predicted molar refractivity (Wildman–Crippen MR) is 85.5 cm³/mol. The Balaban J connectivity index is 1.96. The van der Waals surface area contributed by atoms with Crippen LogP contribution in [0.25, 0.3) is 0 Å². The van der Waals surface area contributed by atoms with Crippen LogP contribution >= 0.6 is 0 Å². The molecular weight excluding hydrogens is 300 g/mol. The van der Waals surface area contributed by atoms with Gasteiger partial charge in [-0.1, -0.05) is 12.1 Å². The number of anilines is 1. The molecule has 0 aliphatic heterocycles. The quantitative estimate of drug-likeness (QED) is 0.911. The molecule has 5 heteroatoms. The average Bonchev–Trinajstić information content (AvgIpc) is 2.43. The molecule has 0 aliphatic carbocycles. The fourth-order valence-electron chi connectivity index (χ4n) is 1.99. The number of halogens is 2. The molecule has 2 aromatic carbocycles. The van der Waals surface area contributed by atoms with Crippen LogP contribution in [0.15, 0.2) is 42.5 Å². The van der Waals surface area contributed by atoms with E-state index in [0.717, 1.165) is 23.4 Å². The first-order chi connectivity index (χ1) is 10.7. The van der Waals surface area contributed by atoms with Crippen molar-refractivity contribution < 1.29 is 18.3 Å². The highest BCUT2D eigenvalue weighted by Crippen LogP contribution is 2.19. The van der Waals surface area contributed by atoms with Gasteiger partial charge in [0.2, 0.25) is 5.91 Å². The van der Waals surface area contributed by atoms with E-state index in [1.54, 1.807) is 24.3 Å². The molecule has 122 valence electrons. The number of hydrogen-bond donors (Lipinski definition) is 1. The Morgan fingerprint density at radius 2 is 1.70 bits per heavy atom. The first-order valence-electron chi connectivity index (χ1n) is 7.26. The lowest BCUT2D eigenvalue weighted by atomic mass is 10.1. The van der Waals surface area contributed by atoms with Crippen molar-refractivity contribution in [1.82, 2.24) is 0 Å². The third-order valence-electron chi connectivity index (χ3n) is 2.92. The number of carbonyl (C=O) groups excluding carboxylic acids is 1. The molecule has 23 heavy (non-hydrogen) atoms. The number of amides is 1. The second kappa shape index (κ2) is 6.77. The predicted octanol–water partition coefficient (Wildman–Crippen LogP) is 4.32. The lowest BCUT2D eigenvalue weighted by molar-refractivity contribution is -0.115. The van der Waals surface area contributed by atoms with E-state index in [1.165, 1.54) is 6.07 Å². The van der Waals surface area contributed by atoms with E-state index in [4.69, 9.17) is 4.74 Å². The van der Waals surface area contributed by atoms with Gasteiger partial charge in [-0.2, -0.15) is 0 Å². The molecule has 2 aromatic rings. The standard InChI is InChI=1S/C18H19F2NO2/c1-18(2,3)23-14-7-4-12(5-8-14)10-17(22)21-13-6-9-15(19)16(20)11-13/h4-9,11H,10H2,1-3H3,(H,21,22). The zero-order valence-electron chi connectivity index (χ0n) is 13.3. The van der Waals surface area contributed by atoms with Crippen molar-refractivity contribution in [3.8, 4) is 5.75 Å². The second-order valence-electron chi connectivity index (χ2n) is 6.21. The zero-order chi connectivity index (χ0) is 17.0. The molecule has 2 rings (SSSR count). The molecule has 0 aromatic heterocycles. The highest BCUT2D eigenvalue weighted by Gasteiger charge is 2.12. The molecule has 0 bridgehead atoms. The summed E-state index contributed by atoms with van der Waals surface area (Å²) in [5.41, 5.74) is 0.735. The highest BCUT2D eigenvalue weighted by molar-refractivity contribution is 5.92. The molecule has 0 heterocycles. The maximum Gasteiger partial charge on any atom is 0.228 e. The van der Waals surface area contributed by atoms with Crippen LogP contribution in [0.1, 0.15) is 26.3 Å². The van der Waals surface area contributed by atoms with Gasteiger partial charge in [-0.3, -0.25) is 4.79 Å². The fourth-order valence-corrected chi connectivity index (χ4v) is 1.99. The van der Waals surface area contributed by atoms with Crippen LogP contribution in [0.5, 0.6) is 5.75 Å². The number of ether oxygens (including phenoxy) is 1.